The summed E-state index contributed by atoms with van der Waals surface area (Å²) in [4.78, 5) is 14.5. The normalized spacial score (nSPS) is 26.2. The zero-order chi connectivity index (χ0) is 13.8. The lowest BCUT2D eigenvalue weighted by molar-refractivity contribution is -0.147. The maximum Gasteiger partial charge on any atom is 0.306 e. The summed E-state index contributed by atoms with van der Waals surface area (Å²) < 4.78 is 5.39. The molecule has 1 aromatic carbocycles. The first-order valence-electron chi connectivity index (χ1n) is 7.76. The van der Waals surface area contributed by atoms with Crippen LogP contribution in [0.3, 0.4) is 0 Å². The van der Waals surface area contributed by atoms with Crippen molar-refractivity contribution in [2.75, 3.05) is 13.1 Å². The summed E-state index contributed by atoms with van der Waals surface area (Å²) in [5, 5.41) is 0. The molecule has 2 fully saturated rings. The predicted octanol–water partition coefficient (Wildman–Crippen LogP) is 2.99. The molecule has 2 aliphatic rings. The van der Waals surface area contributed by atoms with E-state index in [0.717, 1.165) is 5.56 Å². The van der Waals surface area contributed by atoms with Crippen LogP contribution in [-0.4, -0.2) is 30.0 Å². The lowest BCUT2D eigenvalue weighted by Gasteiger charge is -2.42. The zero-order valence-corrected chi connectivity index (χ0v) is 12.0. The Morgan fingerprint density at radius 3 is 2.55 bits per heavy atom. The highest BCUT2D eigenvalue weighted by Gasteiger charge is 2.37. The Hall–Kier alpha value is -1.35. The van der Waals surface area contributed by atoms with Gasteiger partial charge in [-0.25, -0.2) is 0 Å². The molecule has 108 valence electrons. The maximum atomic E-state index is 11.9. The number of carbonyl (C=O) groups excluding carboxylic acids is 1. The Morgan fingerprint density at radius 2 is 1.90 bits per heavy atom. The highest BCUT2D eigenvalue weighted by atomic mass is 16.5. The van der Waals surface area contributed by atoms with E-state index in [9.17, 15) is 4.79 Å². The first kappa shape index (κ1) is 13.6. The van der Waals surface area contributed by atoms with Crippen LogP contribution in [0.5, 0.6) is 0 Å². The van der Waals surface area contributed by atoms with Gasteiger partial charge in [0.25, 0.3) is 0 Å². The number of rotatable bonds is 5. The van der Waals surface area contributed by atoms with Crippen molar-refractivity contribution in [3.8, 4) is 0 Å². The SMILES string of the molecule is O=C(CC1CCC1N1CCCC1)OCc1ccccc1. The van der Waals surface area contributed by atoms with Crippen molar-refractivity contribution >= 4 is 5.97 Å². The van der Waals surface area contributed by atoms with Gasteiger partial charge in [0.1, 0.15) is 6.61 Å². The number of hydrogen-bond donors (Lipinski definition) is 0. The van der Waals surface area contributed by atoms with Crippen LogP contribution in [0, 0.1) is 5.92 Å². The third-order valence-corrected chi connectivity index (χ3v) is 4.66. The van der Waals surface area contributed by atoms with Crippen LogP contribution in [-0.2, 0) is 16.1 Å². The smallest absolute Gasteiger partial charge is 0.306 e. The van der Waals surface area contributed by atoms with Crippen molar-refractivity contribution in [2.24, 2.45) is 5.92 Å². The van der Waals surface area contributed by atoms with E-state index >= 15 is 0 Å². The second-order valence-electron chi connectivity index (χ2n) is 6.00. The third kappa shape index (κ3) is 3.21. The van der Waals surface area contributed by atoms with Gasteiger partial charge in [0.05, 0.1) is 0 Å². The quantitative estimate of drug-likeness (QED) is 0.772. The fraction of sp³-hybridized carbons (Fsp3) is 0.588. The minimum atomic E-state index is -0.0391. The predicted molar refractivity (Wildman–Crippen MR) is 78.2 cm³/mol. The van der Waals surface area contributed by atoms with E-state index < -0.39 is 0 Å². The topological polar surface area (TPSA) is 29.5 Å². The molecular weight excluding hydrogens is 250 g/mol. The molecule has 3 rings (SSSR count). The average Bonchev–Trinajstić information content (AvgIpc) is 2.96. The summed E-state index contributed by atoms with van der Waals surface area (Å²) in [6, 6.07) is 10.5. The average molecular weight is 273 g/mol. The molecule has 2 unspecified atom stereocenters. The molecule has 2 atom stereocenters. The van der Waals surface area contributed by atoms with Crippen molar-refractivity contribution < 1.29 is 9.53 Å². The number of likely N-dealkylation sites (tertiary alicyclic amines) is 1. The van der Waals surface area contributed by atoms with Gasteiger partial charge in [-0.3, -0.25) is 4.79 Å². The zero-order valence-electron chi connectivity index (χ0n) is 12.0. The molecule has 1 saturated carbocycles. The van der Waals surface area contributed by atoms with Crippen molar-refractivity contribution in [3.05, 3.63) is 35.9 Å². The van der Waals surface area contributed by atoms with Crippen LogP contribution in [0.4, 0.5) is 0 Å². The molecule has 1 aliphatic carbocycles. The fourth-order valence-corrected chi connectivity index (χ4v) is 3.35. The second kappa shape index (κ2) is 6.40. The molecule has 0 amide bonds. The summed E-state index contributed by atoms with van der Waals surface area (Å²) >= 11 is 0. The highest BCUT2D eigenvalue weighted by Crippen LogP contribution is 2.36. The van der Waals surface area contributed by atoms with Gasteiger partial charge >= 0.3 is 5.97 Å². The minimum absolute atomic E-state index is 0.0391. The van der Waals surface area contributed by atoms with Crippen LogP contribution >= 0.6 is 0 Å². The molecule has 1 saturated heterocycles. The number of carbonyl (C=O) groups is 1. The lowest BCUT2D eigenvalue weighted by Crippen LogP contribution is -2.46. The third-order valence-electron chi connectivity index (χ3n) is 4.66. The molecule has 1 aromatic rings. The van der Waals surface area contributed by atoms with E-state index in [4.69, 9.17) is 4.74 Å². The molecule has 0 spiro atoms. The Bertz CT molecular complexity index is 440. The first-order chi connectivity index (χ1) is 9.83. The van der Waals surface area contributed by atoms with Crippen molar-refractivity contribution in [3.63, 3.8) is 0 Å². The van der Waals surface area contributed by atoms with E-state index in [2.05, 4.69) is 4.90 Å². The van der Waals surface area contributed by atoms with E-state index in [1.54, 1.807) is 0 Å². The molecule has 0 bridgehead atoms. The summed E-state index contributed by atoms with van der Waals surface area (Å²) in [7, 11) is 0. The maximum absolute atomic E-state index is 11.9. The monoisotopic (exact) mass is 273 g/mol. The van der Waals surface area contributed by atoms with Gasteiger partial charge in [-0.1, -0.05) is 30.3 Å². The van der Waals surface area contributed by atoms with Gasteiger partial charge in [0.2, 0.25) is 0 Å². The second-order valence-corrected chi connectivity index (χ2v) is 6.00. The van der Waals surface area contributed by atoms with Crippen molar-refractivity contribution in [2.45, 2.75) is 44.8 Å². The first-order valence-corrected chi connectivity index (χ1v) is 7.76. The van der Waals surface area contributed by atoms with E-state index in [1.807, 2.05) is 30.3 Å². The standard InChI is InChI=1S/C17H23NO2/c19-17(20-13-14-6-2-1-3-7-14)12-15-8-9-16(15)18-10-4-5-11-18/h1-3,6-7,15-16H,4-5,8-13H2. The number of benzene rings is 1. The van der Waals surface area contributed by atoms with Gasteiger partial charge < -0.3 is 9.64 Å². The molecule has 0 N–H and O–H groups in total. The summed E-state index contributed by atoms with van der Waals surface area (Å²) in [6.07, 6.45) is 5.68. The van der Waals surface area contributed by atoms with Crippen LogP contribution in [0.1, 0.15) is 37.7 Å². The Balaban J connectivity index is 1.42. The van der Waals surface area contributed by atoms with Gasteiger partial charge in [-0.2, -0.15) is 0 Å². The van der Waals surface area contributed by atoms with Crippen LogP contribution in [0.25, 0.3) is 0 Å². The van der Waals surface area contributed by atoms with Crippen LogP contribution in [0.15, 0.2) is 30.3 Å². The van der Waals surface area contributed by atoms with Gasteiger partial charge in [0.15, 0.2) is 0 Å². The summed E-state index contributed by atoms with van der Waals surface area (Å²) in [5.74, 6) is 0.485. The Morgan fingerprint density at radius 1 is 1.15 bits per heavy atom. The molecule has 1 heterocycles. The van der Waals surface area contributed by atoms with Crippen LogP contribution < -0.4 is 0 Å². The summed E-state index contributed by atoms with van der Waals surface area (Å²) in [5.41, 5.74) is 1.06. The van der Waals surface area contributed by atoms with Gasteiger partial charge in [-0.05, 0) is 50.3 Å². The minimum Gasteiger partial charge on any atom is -0.461 e. The molecule has 3 nitrogen and oxygen atoms in total. The Kier molecular flexibility index (Phi) is 4.36. The van der Waals surface area contributed by atoms with Crippen LogP contribution in [0.2, 0.25) is 0 Å². The number of ether oxygens (including phenoxy) is 1. The largest absolute Gasteiger partial charge is 0.461 e. The molecule has 20 heavy (non-hydrogen) atoms. The Labute approximate surface area is 120 Å². The van der Waals surface area contributed by atoms with E-state index in [0.29, 0.717) is 25.0 Å². The molecule has 3 heteroatoms. The lowest BCUT2D eigenvalue weighted by atomic mass is 9.76. The van der Waals surface area contributed by atoms with E-state index in [-0.39, 0.29) is 5.97 Å². The number of esters is 1. The molecule has 0 aromatic heterocycles. The van der Waals surface area contributed by atoms with Crippen molar-refractivity contribution in [1.82, 2.24) is 4.90 Å². The fourth-order valence-electron chi connectivity index (χ4n) is 3.35. The number of nitrogens with zero attached hydrogens (tertiary/aromatic N) is 1. The van der Waals surface area contributed by atoms with E-state index in [1.165, 1.54) is 38.8 Å². The molecule has 0 radical (unpaired) electrons. The summed E-state index contributed by atoms with van der Waals surface area (Å²) in [6.45, 7) is 2.85. The highest BCUT2D eigenvalue weighted by molar-refractivity contribution is 5.70. The number of hydrogen-bond acceptors (Lipinski definition) is 3. The van der Waals surface area contributed by atoms with Gasteiger partial charge in [-0.15, -0.1) is 0 Å². The van der Waals surface area contributed by atoms with Crippen molar-refractivity contribution in [1.29, 1.82) is 0 Å². The molecular formula is C17H23NO2. The molecule has 1 aliphatic heterocycles. The van der Waals surface area contributed by atoms with Gasteiger partial charge in [0, 0.05) is 12.5 Å².